The number of primary amides is 1. The molecule has 0 aliphatic rings. The van der Waals surface area contributed by atoms with Crippen LogP contribution in [0.4, 0.5) is 18.2 Å². The third-order valence-corrected chi connectivity index (χ3v) is 4.78. The number of halogens is 3. The third kappa shape index (κ3) is 4.48. The molecule has 0 aromatic carbocycles. The number of nitrogens with one attached hydrogen (secondary N) is 1. The van der Waals surface area contributed by atoms with E-state index in [9.17, 15) is 22.8 Å². The van der Waals surface area contributed by atoms with Crippen LogP contribution in [0.5, 0.6) is 0 Å². The van der Waals surface area contributed by atoms with Crippen LogP contribution in [0, 0.1) is 0 Å². The molecular formula is C14H12F3N3O2S2. The number of carbonyl (C=O) groups is 2. The van der Waals surface area contributed by atoms with E-state index in [4.69, 9.17) is 5.73 Å². The summed E-state index contributed by atoms with van der Waals surface area (Å²) < 4.78 is 37.4. The topological polar surface area (TPSA) is 85.1 Å². The van der Waals surface area contributed by atoms with Gasteiger partial charge in [-0.1, -0.05) is 11.8 Å². The molecule has 2 aromatic heterocycles. The van der Waals surface area contributed by atoms with Gasteiger partial charge in [-0.05, 0) is 30.5 Å². The van der Waals surface area contributed by atoms with E-state index in [0.29, 0.717) is 5.00 Å². The van der Waals surface area contributed by atoms with Crippen molar-refractivity contribution in [1.29, 1.82) is 0 Å². The third-order valence-electron chi connectivity index (χ3n) is 2.90. The first-order valence-corrected chi connectivity index (χ1v) is 8.32. The first-order valence-electron chi connectivity index (χ1n) is 6.56. The predicted molar refractivity (Wildman–Crippen MR) is 86.0 cm³/mol. The standard InChI is InChI=1S/C14H12F3N3O2S2/c1-7(12(22)20-13-9(11(18)21)4-5-23-13)24-10-3-2-8(6-19-10)14(15,16)17/h2-7H,1H3,(H2,18,21)(H,20,22). The molecular weight excluding hydrogens is 363 g/mol. The molecule has 2 heterocycles. The van der Waals surface area contributed by atoms with E-state index in [2.05, 4.69) is 10.3 Å². The summed E-state index contributed by atoms with van der Waals surface area (Å²) in [5, 5.41) is 4.18. The van der Waals surface area contributed by atoms with Gasteiger partial charge in [0.2, 0.25) is 5.91 Å². The van der Waals surface area contributed by atoms with Crippen molar-refractivity contribution in [3.8, 4) is 0 Å². The number of nitrogens with two attached hydrogens (primary N) is 1. The van der Waals surface area contributed by atoms with Crippen LogP contribution < -0.4 is 11.1 Å². The summed E-state index contributed by atoms with van der Waals surface area (Å²) in [6, 6.07) is 3.61. The van der Waals surface area contributed by atoms with Gasteiger partial charge in [-0.15, -0.1) is 11.3 Å². The van der Waals surface area contributed by atoms with E-state index in [0.717, 1.165) is 35.4 Å². The lowest BCUT2D eigenvalue weighted by Crippen LogP contribution is -2.23. The number of amides is 2. The maximum Gasteiger partial charge on any atom is 0.417 e. The van der Waals surface area contributed by atoms with E-state index in [1.54, 1.807) is 12.3 Å². The van der Waals surface area contributed by atoms with Crippen LogP contribution >= 0.6 is 23.1 Å². The second kappa shape index (κ2) is 7.22. The van der Waals surface area contributed by atoms with E-state index in [1.807, 2.05) is 0 Å². The van der Waals surface area contributed by atoms with E-state index in [1.165, 1.54) is 12.1 Å². The molecule has 128 valence electrons. The second-order valence-corrected chi connectivity index (χ2v) is 6.94. The number of nitrogens with zero attached hydrogens (tertiary/aromatic N) is 1. The number of anilines is 1. The summed E-state index contributed by atoms with van der Waals surface area (Å²) in [6.07, 6.45) is -3.74. The van der Waals surface area contributed by atoms with Crippen LogP contribution in [0.1, 0.15) is 22.8 Å². The van der Waals surface area contributed by atoms with Crippen molar-refractivity contribution < 1.29 is 22.8 Å². The Morgan fingerprint density at radius 3 is 2.58 bits per heavy atom. The average Bonchev–Trinajstić information content (AvgIpc) is 2.95. The number of thiophene rings is 1. The van der Waals surface area contributed by atoms with Gasteiger partial charge in [0.15, 0.2) is 0 Å². The van der Waals surface area contributed by atoms with E-state index >= 15 is 0 Å². The maximum absolute atomic E-state index is 12.5. The van der Waals surface area contributed by atoms with Crippen molar-refractivity contribution in [3.05, 3.63) is 40.9 Å². The lowest BCUT2D eigenvalue weighted by Gasteiger charge is -2.12. The van der Waals surface area contributed by atoms with Crippen molar-refractivity contribution in [2.75, 3.05) is 5.32 Å². The molecule has 24 heavy (non-hydrogen) atoms. The highest BCUT2D eigenvalue weighted by Crippen LogP contribution is 2.31. The zero-order chi connectivity index (χ0) is 17.9. The number of aromatic nitrogens is 1. The SMILES string of the molecule is CC(Sc1ccc(C(F)(F)F)cn1)C(=O)Nc1sccc1C(N)=O. The van der Waals surface area contributed by atoms with Crippen molar-refractivity contribution in [1.82, 2.24) is 4.98 Å². The first kappa shape index (κ1) is 18.3. The molecule has 2 rings (SSSR count). The summed E-state index contributed by atoms with van der Waals surface area (Å²) in [5.41, 5.74) is 4.55. The molecule has 0 aliphatic carbocycles. The summed E-state index contributed by atoms with van der Waals surface area (Å²) >= 11 is 2.16. The Bertz CT molecular complexity index is 744. The van der Waals surface area contributed by atoms with Gasteiger partial charge in [-0.3, -0.25) is 9.59 Å². The monoisotopic (exact) mass is 375 g/mol. The second-order valence-electron chi connectivity index (χ2n) is 4.66. The number of thioether (sulfide) groups is 1. The van der Waals surface area contributed by atoms with Crippen LogP contribution in [0.15, 0.2) is 34.8 Å². The molecule has 2 aromatic rings. The van der Waals surface area contributed by atoms with Crippen molar-refractivity contribution >= 4 is 39.9 Å². The molecule has 1 unspecified atom stereocenters. The Hall–Kier alpha value is -2.07. The highest BCUT2D eigenvalue weighted by atomic mass is 32.2. The fraction of sp³-hybridized carbons (Fsp3) is 0.214. The van der Waals surface area contributed by atoms with Gasteiger partial charge < -0.3 is 11.1 Å². The minimum atomic E-state index is -4.45. The fourth-order valence-electron chi connectivity index (χ4n) is 1.67. The van der Waals surface area contributed by atoms with Crippen LogP contribution in [0.25, 0.3) is 0 Å². The highest BCUT2D eigenvalue weighted by Gasteiger charge is 2.30. The maximum atomic E-state index is 12.5. The molecule has 5 nitrogen and oxygen atoms in total. The Kier molecular flexibility index (Phi) is 5.50. The molecule has 0 spiro atoms. The molecule has 3 N–H and O–H groups in total. The molecule has 0 fully saturated rings. The van der Waals surface area contributed by atoms with Crippen molar-refractivity contribution in [3.63, 3.8) is 0 Å². The lowest BCUT2D eigenvalue weighted by molar-refractivity contribution is -0.137. The van der Waals surface area contributed by atoms with Gasteiger partial charge in [0, 0.05) is 6.20 Å². The molecule has 2 amide bonds. The minimum Gasteiger partial charge on any atom is -0.366 e. The van der Waals surface area contributed by atoms with Crippen LogP contribution in [0.3, 0.4) is 0 Å². The molecule has 10 heteroatoms. The molecule has 0 saturated carbocycles. The van der Waals surface area contributed by atoms with Crippen LogP contribution in [0.2, 0.25) is 0 Å². The van der Waals surface area contributed by atoms with Crippen molar-refractivity contribution in [2.24, 2.45) is 5.73 Å². The molecule has 0 radical (unpaired) electrons. The minimum absolute atomic E-state index is 0.207. The number of hydrogen-bond donors (Lipinski definition) is 2. The Labute approximate surface area is 143 Å². The molecule has 0 bridgehead atoms. The van der Waals surface area contributed by atoms with E-state index < -0.39 is 28.8 Å². The normalized spacial score (nSPS) is 12.7. The molecule has 0 saturated heterocycles. The number of hydrogen-bond acceptors (Lipinski definition) is 5. The van der Waals surface area contributed by atoms with E-state index in [-0.39, 0.29) is 10.6 Å². The summed E-state index contributed by atoms with van der Waals surface area (Å²) in [5.74, 6) is -1.07. The zero-order valence-electron chi connectivity index (χ0n) is 12.3. The van der Waals surface area contributed by atoms with Crippen LogP contribution in [-0.2, 0) is 11.0 Å². The Balaban J connectivity index is 2.01. The Morgan fingerprint density at radius 2 is 2.04 bits per heavy atom. The fourth-order valence-corrected chi connectivity index (χ4v) is 3.25. The number of alkyl halides is 3. The first-order chi connectivity index (χ1) is 11.2. The van der Waals surface area contributed by atoms with Gasteiger partial charge in [0.1, 0.15) is 5.00 Å². The van der Waals surface area contributed by atoms with Gasteiger partial charge in [-0.25, -0.2) is 4.98 Å². The largest absolute Gasteiger partial charge is 0.417 e. The predicted octanol–water partition coefficient (Wildman–Crippen LogP) is 3.38. The van der Waals surface area contributed by atoms with Gasteiger partial charge >= 0.3 is 6.18 Å². The van der Waals surface area contributed by atoms with Crippen LogP contribution in [-0.4, -0.2) is 22.0 Å². The number of pyridine rings is 1. The van der Waals surface area contributed by atoms with Crippen molar-refractivity contribution in [2.45, 2.75) is 23.4 Å². The van der Waals surface area contributed by atoms with Gasteiger partial charge in [-0.2, -0.15) is 13.2 Å². The zero-order valence-corrected chi connectivity index (χ0v) is 13.9. The summed E-state index contributed by atoms with van der Waals surface area (Å²) in [7, 11) is 0. The lowest BCUT2D eigenvalue weighted by atomic mass is 10.3. The molecule has 1 atom stereocenters. The Morgan fingerprint density at radius 1 is 1.33 bits per heavy atom. The molecule has 0 aliphatic heterocycles. The summed E-state index contributed by atoms with van der Waals surface area (Å²) in [6.45, 7) is 1.58. The quantitative estimate of drug-likeness (QED) is 0.785. The van der Waals surface area contributed by atoms with Gasteiger partial charge in [0.25, 0.3) is 5.91 Å². The number of rotatable bonds is 5. The number of carbonyl (C=O) groups excluding carboxylic acids is 2. The highest BCUT2D eigenvalue weighted by molar-refractivity contribution is 8.00. The summed E-state index contributed by atoms with van der Waals surface area (Å²) in [4.78, 5) is 27.0. The smallest absolute Gasteiger partial charge is 0.366 e. The average molecular weight is 375 g/mol. The van der Waals surface area contributed by atoms with Gasteiger partial charge in [0.05, 0.1) is 21.4 Å².